The largest absolute Gasteiger partial charge is 0.409 e. The van der Waals surface area contributed by atoms with Gasteiger partial charge in [-0.3, -0.25) is 4.79 Å². The Morgan fingerprint density at radius 1 is 1.67 bits per heavy atom. The van der Waals surface area contributed by atoms with Crippen LogP contribution in [0.3, 0.4) is 0 Å². The fourth-order valence-electron chi connectivity index (χ4n) is 1.52. The van der Waals surface area contributed by atoms with Gasteiger partial charge in [-0.1, -0.05) is 12.1 Å². The molecular weight excluding hydrogens is 250 g/mol. The van der Waals surface area contributed by atoms with Crippen molar-refractivity contribution >= 4 is 23.1 Å². The number of rotatable bonds is 6. The van der Waals surface area contributed by atoms with E-state index in [-0.39, 0.29) is 11.7 Å². The summed E-state index contributed by atoms with van der Waals surface area (Å²) in [5, 5.41) is 18.5. The first kappa shape index (κ1) is 14.5. The molecule has 0 spiro atoms. The van der Waals surface area contributed by atoms with Gasteiger partial charge in [0.2, 0.25) is 5.91 Å². The number of nitrogens with one attached hydrogen (secondary N) is 1. The van der Waals surface area contributed by atoms with Gasteiger partial charge >= 0.3 is 0 Å². The van der Waals surface area contributed by atoms with Crippen LogP contribution in [0, 0.1) is 5.41 Å². The lowest BCUT2D eigenvalue weighted by molar-refractivity contribution is -0.127. The molecule has 5 nitrogen and oxygen atoms in total. The summed E-state index contributed by atoms with van der Waals surface area (Å²) >= 11 is 1.63. The highest BCUT2D eigenvalue weighted by Gasteiger charge is 2.35. The fourth-order valence-corrected chi connectivity index (χ4v) is 2.22. The average molecular weight is 269 g/mol. The third-order valence-corrected chi connectivity index (χ3v) is 3.89. The summed E-state index contributed by atoms with van der Waals surface area (Å²) in [5.41, 5.74) is 5.81. The molecule has 18 heavy (non-hydrogen) atoms. The number of oxime groups is 1. The SMILES string of the molecule is CCC(C)(C(=O)NCCc1ccsc1)/C(N)=N/O. The number of hydrogen-bond acceptors (Lipinski definition) is 4. The zero-order valence-corrected chi connectivity index (χ0v) is 11.5. The van der Waals surface area contributed by atoms with E-state index in [0.29, 0.717) is 13.0 Å². The second-order valence-corrected chi connectivity index (χ2v) is 5.09. The van der Waals surface area contributed by atoms with Gasteiger partial charge in [-0.15, -0.1) is 0 Å². The molecule has 100 valence electrons. The monoisotopic (exact) mass is 269 g/mol. The molecule has 1 amide bonds. The minimum Gasteiger partial charge on any atom is -0.409 e. The molecule has 6 heteroatoms. The summed E-state index contributed by atoms with van der Waals surface area (Å²) in [6.45, 7) is 4.04. The Morgan fingerprint density at radius 3 is 2.89 bits per heavy atom. The van der Waals surface area contributed by atoms with E-state index in [0.717, 1.165) is 6.42 Å². The summed E-state index contributed by atoms with van der Waals surface area (Å²) < 4.78 is 0. The molecule has 1 heterocycles. The Labute approximate surface area is 111 Å². The van der Waals surface area contributed by atoms with Crippen molar-refractivity contribution < 1.29 is 10.0 Å². The Morgan fingerprint density at radius 2 is 2.39 bits per heavy atom. The lowest BCUT2D eigenvalue weighted by atomic mass is 9.85. The molecule has 0 saturated carbocycles. The van der Waals surface area contributed by atoms with Crippen LogP contribution in [0.4, 0.5) is 0 Å². The van der Waals surface area contributed by atoms with Crippen molar-refractivity contribution in [2.24, 2.45) is 16.3 Å². The first-order valence-corrected chi connectivity index (χ1v) is 6.76. The Hall–Kier alpha value is -1.56. The van der Waals surface area contributed by atoms with E-state index in [1.807, 2.05) is 18.4 Å². The molecule has 1 aromatic rings. The van der Waals surface area contributed by atoms with Crippen molar-refractivity contribution in [2.75, 3.05) is 6.54 Å². The van der Waals surface area contributed by atoms with Crippen LogP contribution in [0.5, 0.6) is 0 Å². The zero-order valence-electron chi connectivity index (χ0n) is 10.6. The molecule has 0 saturated heterocycles. The minimum atomic E-state index is -0.955. The van der Waals surface area contributed by atoms with E-state index >= 15 is 0 Å². The predicted molar refractivity (Wildman–Crippen MR) is 72.8 cm³/mol. The summed E-state index contributed by atoms with van der Waals surface area (Å²) in [6, 6.07) is 2.03. The van der Waals surface area contributed by atoms with Crippen LogP contribution in [-0.4, -0.2) is 23.5 Å². The number of carbonyl (C=O) groups is 1. The lowest BCUT2D eigenvalue weighted by Crippen LogP contribution is -2.48. The molecule has 4 N–H and O–H groups in total. The molecule has 1 unspecified atom stereocenters. The molecule has 1 rings (SSSR count). The topological polar surface area (TPSA) is 87.7 Å². The predicted octanol–water partition coefficient (Wildman–Crippen LogP) is 1.57. The Kier molecular flexibility index (Phi) is 5.15. The Bertz CT molecular complexity index is 417. The van der Waals surface area contributed by atoms with Gasteiger partial charge in [-0.25, -0.2) is 0 Å². The van der Waals surface area contributed by atoms with E-state index in [1.165, 1.54) is 5.56 Å². The number of amides is 1. The van der Waals surface area contributed by atoms with Crippen molar-refractivity contribution in [1.82, 2.24) is 5.32 Å². The van der Waals surface area contributed by atoms with Crippen LogP contribution < -0.4 is 11.1 Å². The molecule has 0 bridgehead atoms. The second kappa shape index (κ2) is 6.39. The quantitative estimate of drug-likeness (QED) is 0.317. The van der Waals surface area contributed by atoms with Crippen molar-refractivity contribution in [2.45, 2.75) is 26.7 Å². The van der Waals surface area contributed by atoms with Gasteiger partial charge < -0.3 is 16.3 Å². The molecule has 0 aliphatic rings. The Balaban J connectivity index is 2.53. The highest BCUT2D eigenvalue weighted by atomic mass is 32.1. The first-order valence-electron chi connectivity index (χ1n) is 5.82. The third kappa shape index (κ3) is 3.22. The number of nitrogens with zero attached hydrogens (tertiary/aromatic N) is 1. The van der Waals surface area contributed by atoms with Crippen molar-refractivity contribution in [3.63, 3.8) is 0 Å². The highest BCUT2D eigenvalue weighted by molar-refractivity contribution is 7.07. The molecule has 1 atom stereocenters. The smallest absolute Gasteiger partial charge is 0.233 e. The van der Waals surface area contributed by atoms with E-state index in [1.54, 1.807) is 18.3 Å². The maximum Gasteiger partial charge on any atom is 0.233 e. The fraction of sp³-hybridized carbons (Fsp3) is 0.500. The maximum atomic E-state index is 12.0. The molecule has 0 aliphatic heterocycles. The van der Waals surface area contributed by atoms with E-state index in [9.17, 15) is 4.79 Å². The van der Waals surface area contributed by atoms with Gasteiger partial charge in [-0.05, 0) is 42.2 Å². The van der Waals surface area contributed by atoms with Crippen LogP contribution in [0.25, 0.3) is 0 Å². The minimum absolute atomic E-state index is 0.0574. The molecule has 0 radical (unpaired) electrons. The third-order valence-electron chi connectivity index (χ3n) is 3.16. The molecule has 1 aromatic heterocycles. The lowest BCUT2D eigenvalue weighted by Gasteiger charge is -2.25. The van der Waals surface area contributed by atoms with Crippen LogP contribution in [0.2, 0.25) is 0 Å². The van der Waals surface area contributed by atoms with Crippen molar-refractivity contribution in [3.8, 4) is 0 Å². The van der Waals surface area contributed by atoms with E-state index in [4.69, 9.17) is 10.9 Å². The number of amidine groups is 1. The standard InChI is InChI=1S/C12H19N3O2S/c1-3-12(2,10(13)15-17)11(16)14-6-4-9-5-7-18-8-9/h5,7-8,17H,3-4,6H2,1-2H3,(H2,13,15)(H,14,16). The maximum absolute atomic E-state index is 12.0. The zero-order chi connectivity index (χ0) is 13.6. The summed E-state index contributed by atoms with van der Waals surface area (Å²) in [5.74, 6) is -0.270. The van der Waals surface area contributed by atoms with Crippen LogP contribution in [-0.2, 0) is 11.2 Å². The van der Waals surface area contributed by atoms with E-state index in [2.05, 4.69) is 15.9 Å². The number of hydrogen-bond donors (Lipinski definition) is 3. The first-order chi connectivity index (χ1) is 8.54. The summed E-state index contributed by atoms with van der Waals surface area (Å²) in [7, 11) is 0. The molecule has 0 fully saturated rings. The molecule has 0 aromatic carbocycles. The second-order valence-electron chi connectivity index (χ2n) is 4.31. The van der Waals surface area contributed by atoms with Crippen molar-refractivity contribution in [1.29, 1.82) is 0 Å². The normalized spacial score (nSPS) is 15.1. The number of nitrogens with two attached hydrogens (primary N) is 1. The average Bonchev–Trinajstić information content (AvgIpc) is 2.89. The van der Waals surface area contributed by atoms with Crippen LogP contribution >= 0.6 is 11.3 Å². The highest BCUT2D eigenvalue weighted by Crippen LogP contribution is 2.21. The van der Waals surface area contributed by atoms with Gasteiger partial charge in [0.1, 0.15) is 5.41 Å². The van der Waals surface area contributed by atoms with Crippen molar-refractivity contribution in [3.05, 3.63) is 22.4 Å². The van der Waals surface area contributed by atoms with Gasteiger partial charge in [0, 0.05) is 6.54 Å². The summed E-state index contributed by atoms with van der Waals surface area (Å²) in [6.07, 6.45) is 1.26. The summed E-state index contributed by atoms with van der Waals surface area (Å²) in [4.78, 5) is 12.0. The van der Waals surface area contributed by atoms with Gasteiger partial charge in [-0.2, -0.15) is 11.3 Å². The van der Waals surface area contributed by atoms with Crippen LogP contribution in [0.15, 0.2) is 22.0 Å². The van der Waals surface area contributed by atoms with Gasteiger partial charge in [0.05, 0.1) is 0 Å². The number of thiophene rings is 1. The molecular formula is C12H19N3O2S. The van der Waals surface area contributed by atoms with Gasteiger partial charge in [0.25, 0.3) is 0 Å². The van der Waals surface area contributed by atoms with E-state index < -0.39 is 5.41 Å². The van der Waals surface area contributed by atoms with Gasteiger partial charge in [0.15, 0.2) is 5.84 Å². The number of carbonyl (C=O) groups excluding carboxylic acids is 1. The molecule has 0 aliphatic carbocycles. The van der Waals surface area contributed by atoms with Crippen LogP contribution in [0.1, 0.15) is 25.8 Å².